The van der Waals surface area contributed by atoms with Crippen LogP contribution in [0.2, 0.25) is 0 Å². The number of para-hydroxylation sites is 1. The number of hydrogen-bond donors (Lipinski definition) is 1. The monoisotopic (exact) mass is 221 g/mol. The summed E-state index contributed by atoms with van der Waals surface area (Å²) in [5.74, 6) is 0.722. The van der Waals surface area contributed by atoms with Crippen LogP contribution in [0.4, 0.5) is 0 Å². The van der Waals surface area contributed by atoms with Crippen molar-refractivity contribution in [2.45, 2.75) is 20.3 Å². The zero-order valence-corrected chi connectivity index (χ0v) is 9.90. The second kappa shape index (κ2) is 6.28. The summed E-state index contributed by atoms with van der Waals surface area (Å²) in [6, 6.07) is 7.35. The van der Waals surface area contributed by atoms with Gasteiger partial charge >= 0.3 is 0 Å². The second-order valence-electron chi connectivity index (χ2n) is 3.77. The quantitative estimate of drug-likeness (QED) is 0.750. The number of ether oxygens (including phenoxy) is 1. The van der Waals surface area contributed by atoms with Crippen LogP contribution in [0, 0.1) is 5.92 Å². The van der Waals surface area contributed by atoms with E-state index in [2.05, 4.69) is 0 Å². The Labute approximate surface area is 96.6 Å². The van der Waals surface area contributed by atoms with Gasteiger partial charge in [-0.25, -0.2) is 0 Å². The summed E-state index contributed by atoms with van der Waals surface area (Å²) in [5, 5.41) is 0. The normalized spacial score (nSPS) is 12.2. The molecule has 0 aromatic heterocycles. The van der Waals surface area contributed by atoms with Crippen molar-refractivity contribution in [1.82, 2.24) is 0 Å². The van der Waals surface area contributed by atoms with E-state index in [4.69, 9.17) is 10.5 Å². The van der Waals surface area contributed by atoms with Crippen molar-refractivity contribution in [2.24, 2.45) is 11.7 Å². The topological polar surface area (TPSA) is 52.3 Å². The van der Waals surface area contributed by atoms with Gasteiger partial charge in [-0.2, -0.15) is 0 Å². The molecule has 0 radical (unpaired) electrons. The fraction of sp³-hybridized carbons (Fsp3) is 0.462. The Morgan fingerprint density at radius 2 is 2.12 bits per heavy atom. The molecule has 16 heavy (non-hydrogen) atoms. The number of hydrogen-bond acceptors (Lipinski definition) is 3. The second-order valence-corrected chi connectivity index (χ2v) is 3.77. The highest BCUT2D eigenvalue weighted by molar-refractivity contribution is 6.00. The first-order valence-corrected chi connectivity index (χ1v) is 5.66. The smallest absolute Gasteiger partial charge is 0.169 e. The third-order valence-corrected chi connectivity index (χ3v) is 2.50. The molecule has 1 unspecified atom stereocenters. The Morgan fingerprint density at radius 1 is 1.44 bits per heavy atom. The predicted molar refractivity (Wildman–Crippen MR) is 64.8 cm³/mol. The first-order chi connectivity index (χ1) is 7.70. The Balaban J connectivity index is 2.89. The van der Waals surface area contributed by atoms with Crippen molar-refractivity contribution in [3.05, 3.63) is 29.8 Å². The van der Waals surface area contributed by atoms with Crippen molar-refractivity contribution in [1.29, 1.82) is 0 Å². The van der Waals surface area contributed by atoms with E-state index in [1.165, 1.54) is 0 Å². The Hall–Kier alpha value is -1.35. The highest BCUT2D eigenvalue weighted by Gasteiger charge is 2.17. The van der Waals surface area contributed by atoms with Gasteiger partial charge in [0.25, 0.3) is 0 Å². The Bertz CT molecular complexity index is 350. The average Bonchev–Trinajstić information content (AvgIpc) is 2.29. The molecule has 88 valence electrons. The molecule has 0 saturated heterocycles. The molecule has 1 aromatic rings. The lowest BCUT2D eigenvalue weighted by molar-refractivity contribution is 0.0921. The molecule has 0 heterocycles. The fourth-order valence-corrected chi connectivity index (χ4v) is 1.60. The summed E-state index contributed by atoms with van der Waals surface area (Å²) in [4.78, 5) is 12.1. The van der Waals surface area contributed by atoms with E-state index in [1.807, 2.05) is 32.0 Å². The largest absolute Gasteiger partial charge is 0.493 e. The number of carbonyl (C=O) groups is 1. The molecule has 3 nitrogen and oxygen atoms in total. The Morgan fingerprint density at radius 3 is 2.75 bits per heavy atom. The van der Waals surface area contributed by atoms with E-state index in [1.54, 1.807) is 6.07 Å². The van der Waals surface area contributed by atoms with Crippen molar-refractivity contribution in [2.75, 3.05) is 13.2 Å². The third-order valence-electron chi connectivity index (χ3n) is 2.50. The van der Waals surface area contributed by atoms with Crippen LogP contribution in [-0.4, -0.2) is 18.9 Å². The van der Waals surface area contributed by atoms with Crippen molar-refractivity contribution in [3.8, 4) is 5.75 Å². The van der Waals surface area contributed by atoms with Crippen LogP contribution < -0.4 is 10.5 Å². The standard InChI is InChI=1S/C13H19NO2/c1-3-16-12-7-5-4-6-11(12)13(15)10(2)8-9-14/h4-7,10H,3,8-9,14H2,1-2H3. The number of nitrogens with two attached hydrogens (primary N) is 1. The fourth-order valence-electron chi connectivity index (χ4n) is 1.60. The van der Waals surface area contributed by atoms with Gasteiger partial charge in [0.2, 0.25) is 0 Å². The molecule has 0 aliphatic rings. The number of ketones is 1. The number of carbonyl (C=O) groups excluding carboxylic acids is 1. The summed E-state index contributed by atoms with van der Waals surface area (Å²) < 4.78 is 5.43. The van der Waals surface area contributed by atoms with Crippen molar-refractivity contribution in [3.63, 3.8) is 0 Å². The third kappa shape index (κ3) is 3.07. The molecule has 0 aliphatic heterocycles. The lowest BCUT2D eigenvalue weighted by Crippen LogP contribution is -2.16. The van der Waals surface area contributed by atoms with E-state index in [0.717, 1.165) is 0 Å². The number of benzene rings is 1. The molecular weight excluding hydrogens is 202 g/mol. The summed E-state index contributed by atoms with van der Waals surface area (Å²) in [6.45, 7) is 4.90. The van der Waals surface area contributed by atoms with Gasteiger partial charge in [0.15, 0.2) is 5.78 Å². The maximum absolute atomic E-state index is 12.1. The van der Waals surface area contributed by atoms with E-state index >= 15 is 0 Å². The van der Waals surface area contributed by atoms with Crippen LogP contribution in [-0.2, 0) is 0 Å². The van der Waals surface area contributed by atoms with Gasteiger partial charge in [-0.3, -0.25) is 4.79 Å². The highest BCUT2D eigenvalue weighted by Crippen LogP contribution is 2.22. The van der Waals surface area contributed by atoms with Gasteiger partial charge in [0.1, 0.15) is 5.75 Å². The summed E-state index contributed by atoms with van der Waals surface area (Å²) in [6.07, 6.45) is 0.708. The van der Waals surface area contributed by atoms with E-state index < -0.39 is 0 Å². The molecule has 1 atom stereocenters. The molecule has 1 aromatic carbocycles. The maximum Gasteiger partial charge on any atom is 0.169 e. The molecular formula is C13H19NO2. The minimum absolute atomic E-state index is 0.0494. The molecule has 0 saturated carbocycles. The summed E-state index contributed by atoms with van der Waals surface area (Å²) >= 11 is 0. The molecule has 0 amide bonds. The van der Waals surface area contributed by atoms with Gasteiger partial charge < -0.3 is 10.5 Å². The average molecular weight is 221 g/mol. The van der Waals surface area contributed by atoms with Crippen LogP contribution in [0.3, 0.4) is 0 Å². The van der Waals surface area contributed by atoms with E-state index in [0.29, 0.717) is 30.9 Å². The molecule has 2 N–H and O–H groups in total. The summed E-state index contributed by atoms with van der Waals surface area (Å²) in [7, 11) is 0. The highest BCUT2D eigenvalue weighted by atomic mass is 16.5. The molecule has 0 spiro atoms. The number of rotatable bonds is 6. The molecule has 0 bridgehead atoms. The predicted octanol–water partition coefficient (Wildman–Crippen LogP) is 2.25. The van der Waals surface area contributed by atoms with Crippen LogP contribution >= 0.6 is 0 Å². The first-order valence-electron chi connectivity index (χ1n) is 5.66. The zero-order chi connectivity index (χ0) is 12.0. The van der Waals surface area contributed by atoms with Crippen LogP contribution in [0.25, 0.3) is 0 Å². The first kappa shape index (κ1) is 12.7. The van der Waals surface area contributed by atoms with Gasteiger partial charge in [-0.1, -0.05) is 19.1 Å². The van der Waals surface area contributed by atoms with Crippen LogP contribution in [0.5, 0.6) is 5.75 Å². The molecule has 3 heteroatoms. The molecule has 0 fully saturated rings. The lowest BCUT2D eigenvalue weighted by atomic mass is 9.96. The minimum Gasteiger partial charge on any atom is -0.493 e. The minimum atomic E-state index is -0.0494. The van der Waals surface area contributed by atoms with Crippen LogP contribution in [0.15, 0.2) is 24.3 Å². The van der Waals surface area contributed by atoms with Gasteiger partial charge in [0.05, 0.1) is 12.2 Å². The van der Waals surface area contributed by atoms with E-state index in [-0.39, 0.29) is 11.7 Å². The maximum atomic E-state index is 12.1. The number of Topliss-reactive ketones (excluding diaryl/α,β-unsaturated/α-hetero) is 1. The lowest BCUT2D eigenvalue weighted by Gasteiger charge is -2.12. The van der Waals surface area contributed by atoms with Gasteiger partial charge in [-0.05, 0) is 32.0 Å². The molecule has 0 aliphatic carbocycles. The van der Waals surface area contributed by atoms with Crippen molar-refractivity contribution < 1.29 is 9.53 Å². The SMILES string of the molecule is CCOc1ccccc1C(=O)C(C)CCN. The summed E-state index contributed by atoms with van der Waals surface area (Å²) in [5.41, 5.74) is 6.12. The van der Waals surface area contributed by atoms with Crippen molar-refractivity contribution >= 4 is 5.78 Å². The zero-order valence-electron chi connectivity index (χ0n) is 9.90. The molecule has 1 rings (SSSR count). The van der Waals surface area contributed by atoms with Gasteiger partial charge in [-0.15, -0.1) is 0 Å². The van der Waals surface area contributed by atoms with E-state index in [9.17, 15) is 4.79 Å². The van der Waals surface area contributed by atoms with Crippen LogP contribution in [0.1, 0.15) is 30.6 Å². The van der Waals surface area contributed by atoms with Gasteiger partial charge in [0, 0.05) is 5.92 Å². The Kier molecular flexibility index (Phi) is 4.99.